The van der Waals surface area contributed by atoms with Crippen LogP contribution in [0.4, 0.5) is 0 Å². The van der Waals surface area contributed by atoms with Gasteiger partial charge in [-0.15, -0.1) is 0 Å². The first-order valence-electron chi connectivity index (χ1n) is 9.71. The number of likely N-dealkylation sites (tertiary alicyclic amines) is 1. The third-order valence-electron chi connectivity index (χ3n) is 7.28. The van der Waals surface area contributed by atoms with Crippen molar-refractivity contribution in [1.82, 2.24) is 10.2 Å². The SMILES string of the molecule is COc1ccc(C23CCN(C)C2CC2(CCNC(=O)C2)CC3)cc1OC. The molecular formula is C21H30N2O3. The Kier molecular flexibility index (Phi) is 4.38. The van der Waals surface area contributed by atoms with E-state index in [4.69, 9.17) is 9.47 Å². The number of fused-ring (bicyclic) bond motifs is 1. The van der Waals surface area contributed by atoms with Gasteiger partial charge in [-0.1, -0.05) is 6.07 Å². The molecule has 3 unspecified atom stereocenters. The molecule has 0 radical (unpaired) electrons. The molecule has 4 rings (SSSR count). The lowest BCUT2D eigenvalue weighted by Gasteiger charge is -2.51. The zero-order valence-corrected chi connectivity index (χ0v) is 16.1. The molecule has 1 saturated carbocycles. The first kappa shape index (κ1) is 17.7. The number of hydrogen-bond donors (Lipinski definition) is 1. The van der Waals surface area contributed by atoms with Crippen LogP contribution in [-0.4, -0.2) is 51.2 Å². The minimum atomic E-state index is 0.160. The Labute approximate surface area is 156 Å². The first-order valence-corrected chi connectivity index (χ1v) is 9.71. The second-order valence-electron chi connectivity index (χ2n) is 8.45. The van der Waals surface area contributed by atoms with Crippen LogP contribution in [-0.2, 0) is 10.2 Å². The average molecular weight is 358 g/mol. The number of methoxy groups -OCH3 is 2. The van der Waals surface area contributed by atoms with Crippen molar-refractivity contribution < 1.29 is 14.3 Å². The van der Waals surface area contributed by atoms with E-state index in [-0.39, 0.29) is 16.7 Å². The van der Waals surface area contributed by atoms with E-state index in [2.05, 4.69) is 29.4 Å². The lowest BCUT2D eigenvalue weighted by atomic mass is 9.56. The van der Waals surface area contributed by atoms with Gasteiger partial charge in [0.25, 0.3) is 0 Å². The molecule has 2 saturated heterocycles. The standard InChI is InChI=1S/C21H30N2O3/c1-23-11-9-21(15-4-5-16(25-2)17(12-15)26-3)7-6-20(13-18(21)23)8-10-22-19(24)14-20/h4-5,12,18H,6-11,13-14H2,1-3H3,(H,22,24). The van der Waals surface area contributed by atoms with Gasteiger partial charge in [0.1, 0.15) is 0 Å². The summed E-state index contributed by atoms with van der Waals surface area (Å²) in [4.78, 5) is 14.6. The van der Waals surface area contributed by atoms with Crippen molar-refractivity contribution in [3.63, 3.8) is 0 Å². The van der Waals surface area contributed by atoms with Crippen molar-refractivity contribution >= 4 is 5.91 Å². The fraction of sp³-hybridized carbons (Fsp3) is 0.667. The van der Waals surface area contributed by atoms with Crippen molar-refractivity contribution in [2.24, 2.45) is 5.41 Å². The minimum absolute atomic E-state index is 0.160. The van der Waals surface area contributed by atoms with Crippen molar-refractivity contribution in [1.29, 1.82) is 0 Å². The van der Waals surface area contributed by atoms with Gasteiger partial charge in [-0.3, -0.25) is 4.79 Å². The zero-order chi connectivity index (χ0) is 18.4. The highest BCUT2D eigenvalue weighted by molar-refractivity contribution is 5.77. The van der Waals surface area contributed by atoms with Gasteiger partial charge in [-0.2, -0.15) is 0 Å². The summed E-state index contributed by atoms with van der Waals surface area (Å²) in [7, 11) is 5.63. The summed E-state index contributed by atoms with van der Waals surface area (Å²) in [6.45, 7) is 1.94. The van der Waals surface area contributed by atoms with Crippen LogP contribution < -0.4 is 14.8 Å². The normalized spacial score (nSPS) is 34.4. The topological polar surface area (TPSA) is 50.8 Å². The van der Waals surface area contributed by atoms with E-state index < -0.39 is 0 Å². The molecule has 26 heavy (non-hydrogen) atoms. The van der Waals surface area contributed by atoms with Crippen LogP contribution in [0, 0.1) is 5.41 Å². The lowest BCUT2D eigenvalue weighted by molar-refractivity contribution is -0.127. The van der Waals surface area contributed by atoms with Gasteiger partial charge >= 0.3 is 0 Å². The number of piperidine rings is 1. The van der Waals surface area contributed by atoms with Crippen molar-refractivity contribution in [2.45, 2.75) is 50.0 Å². The minimum Gasteiger partial charge on any atom is -0.493 e. The van der Waals surface area contributed by atoms with E-state index in [0.29, 0.717) is 12.5 Å². The maximum absolute atomic E-state index is 12.1. The molecular weight excluding hydrogens is 328 g/mol. The van der Waals surface area contributed by atoms with E-state index in [1.165, 1.54) is 12.0 Å². The molecule has 0 aromatic heterocycles. The second kappa shape index (κ2) is 6.45. The molecule has 2 heterocycles. The fourth-order valence-corrected chi connectivity index (χ4v) is 5.74. The quantitative estimate of drug-likeness (QED) is 0.903. The molecule has 2 aliphatic heterocycles. The van der Waals surface area contributed by atoms with Gasteiger partial charge in [-0.05, 0) is 68.8 Å². The molecule has 3 aliphatic rings. The highest BCUT2D eigenvalue weighted by atomic mass is 16.5. The maximum atomic E-state index is 12.1. The summed E-state index contributed by atoms with van der Waals surface area (Å²) in [6, 6.07) is 6.92. The summed E-state index contributed by atoms with van der Waals surface area (Å²) >= 11 is 0. The second-order valence-corrected chi connectivity index (χ2v) is 8.45. The molecule has 0 bridgehead atoms. The Morgan fingerprint density at radius 2 is 1.92 bits per heavy atom. The van der Waals surface area contributed by atoms with Gasteiger partial charge in [0, 0.05) is 24.4 Å². The summed E-state index contributed by atoms with van der Waals surface area (Å²) in [5, 5.41) is 3.01. The Balaban J connectivity index is 1.68. The number of rotatable bonds is 3. The Bertz CT molecular complexity index is 706. The molecule has 1 spiro atoms. The Morgan fingerprint density at radius 1 is 1.12 bits per heavy atom. The lowest BCUT2D eigenvalue weighted by Crippen LogP contribution is -2.53. The Morgan fingerprint density at radius 3 is 2.65 bits per heavy atom. The number of hydrogen-bond acceptors (Lipinski definition) is 4. The largest absolute Gasteiger partial charge is 0.493 e. The monoisotopic (exact) mass is 358 g/mol. The van der Waals surface area contributed by atoms with Gasteiger partial charge in [-0.25, -0.2) is 0 Å². The van der Waals surface area contributed by atoms with E-state index in [9.17, 15) is 4.79 Å². The first-order chi connectivity index (χ1) is 12.5. The van der Waals surface area contributed by atoms with Gasteiger partial charge in [0.05, 0.1) is 14.2 Å². The summed E-state index contributed by atoms with van der Waals surface area (Å²) in [6.07, 6.45) is 6.38. The van der Waals surface area contributed by atoms with E-state index in [1.807, 2.05) is 6.07 Å². The number of nitrogens with zero attached hydrogens (tertiary/aromatic N) is 1. The molecule has 3 atom stereocenters. The molecule has 1 N–H and O–H groups in total. The molecule has 3 fully saturated rings. The molecule has 5 heteroatoms. The van der Waals surface area contributed by atoms with Crippen LogP contribution in [0.2, 0.25) is 0 Å². The molecule has 1 aromatic rings. The summed E-state index contributed by atoms with van der Waals surface area (Å²) < 4.78 is 11.0. The van der Waals surface area contributed by atoms with Gasteiger partial charge in [0.15, 0.2) is 11.5 Å². The number of carbonyl (C=O) groups excluding carboxylic acids is 1. The van der Waals surface area contributed by atoms with Crippen molar-refractivity contribution in [3.05, 3.63) is 23.8 Å². The average Bonchev–Trinajstić information content (AvgIpc) is 2.98. The number of ether oxygens (including phenoxy) is 2. The predicted molar refractivity (Wildman–Crippen MR) is 101 cm³/mol. The van der Waals surface area contributed by atoms with Crippen molar-refractivity contribution in [3.8, 4) is 11.5 Å². The van der Waals surface area contributed by atoms with Crippen LogP contribution in [0.1, 0.15) is 44.1 Å². The molecule has 1 aliphatic carbocycles. The van der Waals surface area contributed by atoms with E-state index in [1.54, 1.807) is 14.2 Å². The van der Waals surface area contributed by atoms with Gasteiger partial charge in [0.2, 0.25) is 5.91 Å². The highest BCUT2D eigenvalue weighted by Crippen LogP contribution is 2.56. The Hall–Kier alpha value is -1.75. The van der Waals surface area contributed by atoms with Crippen LogP contribution in [0.25, 0.3) is 0 Å². The maximum Gasteiger partial charge on any atom is 0.220 e. The number of carbonyl (C=O) groups is 1. The van der Waals surface area contributed by atoms with Crippen LogP contribution >= 0.6 is 0 Å². The van der Waals surface area contributed by atoms with Crippen LogP contribution in [0.15, 0.2) is 18.2 Å². The molecule has 142 valence electrons. The smallest absolute Gasteiger partial charge is 0.220 e. The molecule has 1 amide bonds. The third kappa shape index (κ3) is 2.68. The number of amides is 1. The summed E-state index contributed by atoms with van der Waals surface area (Å²) in [5.41, 5.74) is 1.71. The highest BCUT2D eigenvalue weighted by Gasteiger charge is 2.55. The number of nitrogens with one attached hydrogen (secondary N) is 1. The fourth-order valence-electron chi connectivity index (χ4n) is 5.74. The van der Waals surface area contributed by atoms with E-state index >= 15 is 0 Å². The van der Waals surface area contributed by atoms with Gasteiger partial charge < -0.3 is 19.7 Å². The van der Waals surface area contributed by atoms with Crippen molar-refractivity contribution in [2.75, 3.05) is 34.4 Å². The third-order valence-corrected chi connectivity index (χ3v) is 7.28. The zero-order valence-electron chi connectivity index (χ0n) is 16.1. The van der Waals surface area contributed by atoms with Crippen LogP contribution in [0.3, 0.4) is 0 Å². The molecule has 5 nitrogen and oxygen atoms in total. The predicted octanol–water partition coefficient (Wildman–Crippen LogP) is 2.73. The summed E-state index contributed by atoms with van der Waals surface area (Å²) in [5.74, 6) is 1.83. The molecule has 1 aromatic carbocycles. The van der Waals surface area contributed by atoms with E-state index in [0.717, 1.165) is 50.3 Å². The van der Waals surface area contributed by atoms with Crippen LogP contribution in [0.5, 0.6) is 11.5 Å². The number of benzene rings is 1. The number of likely N-dealkylation sites (N-methyl/N-ethyl adjacent to an activating group) is 1.